The molecule has 0 bridgehead atoms. The maximum absolute atomic E-state index is 12.1. The fraction of sp³-hybridized carbons (Fsp3) is 0.929. The van der Waals surface area contributed by atoms with Crippen molar-refractivity contribution in [3.8, 4) is 0 Å². The van der Waals surface area contributed by atoms with Crippen molar-refractivity contribution in [3.63, 3.8) is 0 Å². The topological polar surface area (TPSA) is 32.3 Å². The first kappa shape index (κ1) is 15.8. The lowest BCUT2D eigenvalue weighted by Crippen LogP contribution is -2.47. The van der Waals surface area contributed by atoms with Crippen LogP contribution in [0.25, 0.3) is 0 Å². The maximum Gasteiger partial charge on any atom is 0.223 e. The van der Waals surface area contributed by atoms with Gasteiger partial charge in [0.25, 0.3) is 0 Å². The van der Waals surface area contributed by atoms with Gasteiger partial charge in [-0.1, -0.05) is 19.3 Å². The van der Waals surface area contributed by atoms with Crippen LogP contribution in [0.1, 0.15) is 51.4 Å². The number of likely N-dealkylation sites (tertiary alicyclic amines) is 1. The van der Waals surface area contributed by atoms with Gasteiger partial charge in [0.2, 0.25) is 5.91 Å². The molecule has 1 aliphatic carbocycles. The number of nitrogens with one attached hydrogen (secondary N) is 1. The summed E-state index contributed by atoms with van der Waals surface area (Å²) < 4.78 is 0. The van der Waals surface area contributed by atoms with E-state index in [2.05, 4.69) is 10.2 Å². The zero-order valence-electron chi connectivity index (χ0n) is 11.5. The quantitative estimate of drug-likeness (QED) is 0.858. The lowest BCUT2D eigenvalue weighted by atomic mass is 9.69. The van der Waals surface area contributed by atoms with Crippen LogP contribution in [0.3, 0.4) is 0 Å². The molecule has 1 heterocycles. The highest BCUT2D eigenvalue weighted by Gasteiger charge is 2.37. The van der Waals surface area contributed by atoms with E-state index in [4.69, 9.17) is 0 Å². The van der Waals surface area contributed by atoms with Crippen molar-refractivity contribution in [3.05, 3.63) is 0 Å². The second kappa shape index (κ2) is 7.34. The molecule has 0 radical (unpaired) electrons. The minimum Gasteiger partial charge on any atom is -0.342 e. The van der Waals surface area contributed by atoms with E-state index < -0.39 is 0 Å². The highest BCUT2D eigenvalue weighted by atomic mass is 35.5. The molecule has 1 aliphatic heterocycles. The maximum atomic E-state index is 12.1. The van der Waals surface area contributed by atoms with Crippen LogP contribution in [-0.4, -0.2) is 37.5 Å². The molecule has 2 fully saturated rings. The Morgan fingerprint density at radius 2 is 1.83 bits per heavy atom. The predicted octanol–water partition coefficient (Wildman–Crippen LogP) is 2.59. The van der Waals surface area contributed by atoms with Crippen LogP contribution >= 0.6 is 12.4 Å². The SMILES string of the molecule is CNCCC(=O)N1CCCC2(CCCCC2)C1.Cl. The summed E-state index contributed by atoms with van der Waals surface area (Å²) in [4.78, 5) is 14.2. The lowest BCUT2D eigenvalue weighted by Gasteiger charge is -2.45. The minimum absolute atomic E-state index is 0. The molecule has 1 amide bonds. The number of amides is 1. The number of hydrogen-bond acceptors (Lipinski definition) is 2. The number of piperidine rings is 1. The van der Waals surface area contributed by atoms with E-state index in [0.29, 0.717) is 17.7 Å². The van der Waals surface area contributed by atoms with Crippen LogP contribution in [0.5, 0.6) is 0 Å². The highest BCUT2D eigenvalue weighted by molar-refractivity contribution is 5.85. The van der Waals surface area contributed by atoms with Crippen LogP contribution < -0.4 is 5.32 Å². The molecule has 1 N–H and O–H groups in total. The molecule has 2 rings (SSSR count). The van der Waals surface area contributed by atoms with Gasteiger partial charge in [-0.2, -0.15) is 0 Å². The summed E-state index contributed by atoms with van der Waals surface area (Å²) in [5, 5.41) is 3.06. The molecule has 1 saturated carbocycles. The summed E-state index contributed by atoms with van der Waals surface area (Å²) in [7, 11) is 1.91. The van der Waals surface area contributed by atoms with Crippen molar-refractivity contribution in [1.82, 2.24) is 10.2 Å². The van der Waals surface area contributed by atoms with Crippen molar-refractivity contribution in [1.29, 1.82) is 0 Å². The van der Waals surface area contributed by atoms with Gasteiger partial charge < -0.3 is 10.2 Å². The van der Waals surface area contributed by atoms with Crippen LogP contribution in [0.15, 0.2) is 0 Å². The molecular weight excluding hydrogens is 248 g/mol. The monoisotopic (exact) mass is 274 g/mol. The van der Waals surface area contributed by atoms with Gasteiger partial charge in [0.1, 0.15) is 0 Å². The Morgan fingerprint density at radius 1 is 1.17 bits per heavy atom. The summed E-state index contributed by atoms with van der Waals surface area (Å²) in [6.45, 7) is 2.84. The predicted molar refractivity (Wildman–Crippen MR) is 77.1 cm³/mol. The molecule has 0 aromatic heterocycles. The number of carbonyl (C=O) groups excluding carboxylic acids is 1. The van der Waals surface area contributed by atoms with E-state index in [9.17, 15) is 4.79 Å². The fourth-order valence-corrected chi connectivity index (χ4v) is 3.52. The highest BCUT2D eigenvalue weighted by Crippen LogP contribution is 2.43. The average Bonchev–Trinajstić information content (AvgIpc) is 2.37. The summed E-state index contributed by atoms with van der Waals surface area (Å²) >= 11 is 0. The molecule has 4 heteroatoms. The van der Waals surface area contributed by atoms with Crippen LogP contribution in [-0.2, 0) is 4.79 Å². The standard InChI is InChI=1S/C14H26N2O.ClH/c1-15-10-6-13(17)16-11-5-9-14(12-16)7-3-2-4-8-14;/h15H,2-12H2,1H3;1H. The smallest absolute Gasteiger partial charge is 0.223 e. The van der Waals surface area contributed by atoms with Gasteiger partial charge in [-0.3, -0.25) is 4.79 Å². The normalized spacial score (nSPS) is 22.6. The first-order valence-electron chi connectivity index (χ1n) is 7.18. The summed E-state index contributed by atoms with van der Waals surface area (Å²) in [5.41, 5.74) is 0.492. The Hall–Kier alpha value is -0.280. The third-order valence-corrected chi connectivity index (χ3v) is 4.52. The number of rotatable bonds is 3. The van der Waals surface area contributed by atoms with E-state index >= 15 is 0 Å². The molecule has 0 aromatic rings. The van der Waals surface area contributed by atoms with Gasteiger partial charge >= 0.3 is 0 Å². The molecule has 1 saturated heterocycles. The Kier molecular flexibility index (Phi) is 6.44. The Bertz CT molecular complexity index is 259. The zero-order valence-corrected chi connectivity index (χ0v) is 12.4. The lowest BCUT2D eigenvalue weighted by molar-refractivity contribution is -0.135. The Balaban J connectivity index is 0.00000162. The van der Waals surface area contributed by atoms with Gasteiger partial charge in [-0.05, 0) is 38.1 Å². The van der Waals surface area contributed by atoms with Crippen molar-refractivity contribution < 1.29 is 4.79 Å². The Labute approximate surface area is 117 Å². The Morgan fingerprint density at radius 3 is 2.50 bits per heavy atom. The summed E-state index contributed by atoms with van der Waals surface area (Å²) in [6, 6.07) is 0. The summed E-state index contributed by atoms with van der Waals surface area (Å²) in [5.74, 6) is 0.351. The minimum atomic E-state index is 0. The average molecular weight is 275 g/mol. The zero-order chi connectivity index (χ0) is 12.1. The van der Waals surface area contributed by atoms with Crippen LogP contribution in [0.4, 0.5) is 0 Å². The molecule has 1 spiro atoms. The molecular formula is C14H27ClN2O. The number of nitrogens with zero attached hydrogens (tertiary/aromatic N) is 1. The van der Waals surface area contributed by atoms with Crippen molar-refractivity contribution in [2.45, 2.75) is 51.4 Å². The van der Waals surface area contributed by atoms with Gasteiger partial charge in [-0.15, -0.1) is 12.4 Å². The number of hydrogen-bond donors (Lipinski definition) is 1. The third-order valence-electron chi connectivity index (χ3n) is 4.52. The molecule has 0 unspecified atom stereocenters. The third kappa shape index (κ3) is 3.86. The molecule has 3 nitrogen and oxygen atoms in total. The van der Waals surface area contributed by atoms with Gasteiger partial charge in [0.05, 0.1) is 0 Å². The first-order valence-corrected chi connectivity index (χ1v) is 7.18. The summed E-state index contributed by atoms with van der Waals surface area (Å²) in [6.07, 6.45) is 10.1. The van der Waals surface area contributed by atoms with Gasteiger partial charge in [0, 0.05) is 26.1 Å². The number of halogens is 1. The number of carbonyl (C=O) groups is 1. The first-order chi connectivity index (χ1) is 8.26. The van der Waals surface area contributed by atoms with Crippen molar-refractivity contribution >= 4 is 18.3 Å². The fourth-order valence-electron chi connectivity index (χ4n) is 3.52. The molecule has 106 valence electrons. The van der Waals surface area contributed by atoms with Gasteiger partial charge in [0.15, 0.2) is 0 Å². The van der Waals surface area contributed by atoms with E-state index in [1.165, 1.54) is 44.9 Å². The van der Waals surface area contributed by atoms with Crippen LogP contribution in [0.2, 0.25) is 0 Å². The van der Waals surface area contributed by atoms with E-state index in [0.717, 1.165) is 19.6 Å². The molecule has 0 atom stereocenters. The van der Waals surface area contributed by atoms with Crippen LogP contribution in [0, 0.1) is 5.41 Å². The van der Waals surface area contributed by atoms with Gasteiger partial charge in [-0.25, -0.2) is 0 Å². The largest absolute Gasteiger partial charge is 0.342 e. The van der Waals surface area contributed by atoms with Crippen molar-refractivity contribution in [2.75, 3.05) is 26.7 Å². The molecule has 0 aromatic carbocycles. The second-order valence-corrected chi connectivity index (χ2v) is 5.83. The van der Waals surface area contributed by atoms with E-state index in [-0.39, 0.29) is 12.4 Å². The van der Waals surface area contributed by atoms with Crippen molar-refractivity contribution in [2.24, 2.45) is 5.41 Å². The van der Waals surface area contributed by atoms with E-state index in [1.54, 1.807) is 0 Å². The van der Waals surface area contributed by atoms with E-state index in [1.807, 2.05) is 7.05 Å². The molecule has 18 heavy (non-hydrogen) atoms. The molecule has 2 aliphatic rings. The second-order valence-electron chi connectivity index (χ2n) is 5.83.